The number of thioether (sulfide) groups is 1. The van der Waals surface area contributed by atoms with Crippen LogP contribution in [0.25, 0.3) is 0 Å². The second kappa shape index (κ2) is 7.38. The number of amides is 1. The monoisotopic (exact) mass is 328 g/mol. The molecular formula is C14H24N4OS2. The molecule has 1 aliphatic heterocycles. The first kappa shape index (κ1) is 16.5. The lowest BCUT2D eigenvalue weighted by atomic mass is 10.1. The van der Waals surface area contributed by atoms with Gasteiger partial charge in [-0.05, 0) is 25.5 Å². The Hall–Kier alpha value is -0.920. The minimum atomic E-state index is -0.0605. The molecule has 5 N–H and O–H groups in total. The van der Waals surface area contributed by atoms with Crippen molar-refractivity contribution in [2.45, 2.75) is 37.1 Å². The summed E-state index contributed by atoms with van der Waals surface area (Å²) in [5.41, 5.74) is 12.8. The standard InChI is InChI=1S/C14H24N4OS2/c1-3-6-17-13(19)11-10(16)12(20-2)14(21-11)18-7-4-9(15)5-8-18/h9H,3-8,15-16H2,1-2H3,(H,17,19). The van der Waals surface area contributed by atoms with Gasteiger partial charge in [0, 0.05) is 25.7 Å². The number of thiophene rings is 1. The molecule has 0 saturated carbocycles. The van der Waals surface area contributed by atoms with Gasteiger partial charge in [0.15, 0.2) is 0 Å². The zero-order valence-electron chi connectivity index (χ0n) is 12.6. The second-order valence-electron chi connectivity index (χ2n) is 5.26. The van der Waals surface area contributed by atoms with Gasteiger partial charge in [0.1, 0.15) is 9.88 Å². The van der Waals surface area contributed by atoms with Gasteiger partial charge in [-0.2, -0.15) is 0 Å². The quantitative estimate of drug-likeness (QED) is 0.721. The van der Waals surface area contributed by atoms with E-state index < -0.39 is 0 Å². The summed E-state index contributed by atoms with van der Waals surface area (Å²) < 4.78 is 0. The molecule has 21 heavy (non-hydrogen) atoms. The van der Waals surface area contributed by atoms with Crippen LogP contribution in [0.5, 0.6) is 0 Å². The number of nitrogen functional groups attached to an aromatic ring is 1. The third kappa shape index (κ3) is 3.64. The summed E-state index contributed by atoms with van der Waals surface area (Å²) in [4.78, 5) is 16.2. The van der Waals surface area contributed by atoms with Crippen LogP contribution in [0.1, 0.15) is 35.9 Å². The molecule has 1 fully saturated rings. The number of rotatable bonds is 5. The van der Waals surface area contributed by atoms with E-state index in [0.29, 0.717) is 23.2 Å². The summed E-state index contributed by atoms with van der Waals surface area (Å²) in [5.74, 6) is -0.0605. The molecule has 0 radical (unpaired) electrons. The molecule has 2 heterocycles. The van der Waals surface area contributed by atoms with Crippen LogP contribution in [0.15, 0.2) is 4.90 Å². The first-order valence-corrected chi connectivity index (χ1v) is 9.37. The van der Waals surface area contributed by atoms with Crippen molar-refractivity contribution in [2.24, 2.45) is 5.73 Å². The van der Waals surface area contributed by atoms with Crippen LogP contribution >= 0.6 is 23.1 Å². The van der Waals surface area contributed by atoms with Crippen molar-refractivity contribution in [3.05, 3.63) is 4.88 Å². The molecule has 5 nitrogen and oxygen atoms in total. The van der Waals surface area contributed by atoms with Gasteiger partial charge in [-0.15, -0.1) is 23.1 Å². The average Bonchev–Trinajstić information content (AvgIpc) is 2.82. The van der Waals surface area contributed by atoms with E-state index in [1.54, 1.807) is 11.8 Å². The van der Waals surface area contributed by atoms with E-state index in [9.17, 15) is 4.79 Å². The van der Waals surface area contributed by atoms with E-state index in [4.69, 9.17) is 11.5 Å². The SMILES string of the molecule is CCCNC(=O)c1sc(N2CCC(N)CC2)c(SC)c1N. The lowest BCUT2D eigenvalue weighted by Crippen LogP contribution is -2.39. The summed E-state index contributed by atoms with van der Waals surface area (Å²) in [6.07, 6.45) is 4.90. The lowest BCUT2D eigenvalue weighted by Gasteiger charge is -2.31. The lowest BCUT2D eigenvalue weighted by molar-refractivity contribution is 0.0958. The number of nitrogens with zero attached hydrogens (tertiary/aromatic N) is 1. The molecule has 0 bridgehead atoms. The number of carbonyl (C=O) groups excluding carboxylic acids is 1. The Labute approximate surface area is 134 Å². The molecule has 0 unspecified atom stereocenters. The molecule has 1 aromatic heterocycles. The van der Waals surface area contributed by atoms with E-state index in [0.717, 1.165) is 42.2 Å². The number of nitrogens with one attached hydrogen (secondary N) is 1. The highest BCUT2D eigenvalue weighted by Crippen LogP contribution is 2.44. The van der Waals surface area contributed by atoms with E-state index >= 15 is 0 Å². The van der Waals surface area contributed by atoms with Crippen molar-refractivity contribution < 1.29 is 4.79 Å². The zero-order valence-corrected chi connectivity index (χ0v) is 14.3. The number of hydrogen-bond donors (Lipinski definition) is 3. The minimum Gasteiger partial charge on any atom is -0.396 e. The number of anilines is 2. The fourth-order valence-electron chi connectivity index (χ4n) is 2.41. The molecule has 0 aliphatic carbocycles. The largest absolute Gasteiger partial charge is 0.396 e. The highest BCUT2D eigenvalue weighted by Gasteiger charge is 2.26. The predicted molar refractivity (Wildman–Crippen MR) is 92.6 cm³/mol. The topological polar surface area (TPSA) is 84.4 Å². The number of hydrogen-bond acceptors (Lipinski definition) is 6. The summed E-state index contributed by atoms with van der Waals surface area (Å²) in [5, 5.41) is 4.03. The van der Waals surface area contributed by atoms with Gasteiger partial charge >= 0.3 is 0 Å². The zero-order chi connectivity index (χ0) is 15.4. The maximum absolute atomic E-state index is 12.2. The van der Waals surface area contributed by atoms with Gasteiger partial charge < -0.3 is 21.7 Å². The normalized spacial score (nSPS) is 16.2. The number of carbonyl (C=O) groups is 1. The molecule has 1 aromatic rings. The second-order valence-corrected chi connectivity index (χ2v) is 7.08. The van der Waals surface area contributed by atoms with Crippen molar-refractivity contribution in [1.29, 1.82) is 0 Å². The fourth-order valence-corrected chi connectivity index (χ4v) is 4.56. The maximum atomic E-state index is 12.2. The number of piperidine rings is 1. The molecule has 1 aliphatic rings. The van der Waals surface area contributed by atoms with Crippen LogP contribution in [0.3, 0.4) is 0 Å². The van der Waals surface area contributed by atoms with Crippen molar-refractivity contribution in [3.63, 3.8) is 0 Å². The van der Waals surface area contributed by atoms with Crippen LogP contribution in [-0.4, -0.2) is 37.8 Å². The van der Waals surface area contributed by atoms with Crippen LogP contribution in [0.4, 0.5) is 10.7 Å². The van der Waals surface area contributed by atoms with Gasteiger partial charge in [0.2, 0.25) is 0 Å². The highest BCUT2D eigenvalue weighted by atomic mass is 32.2. The van der Waals surface area contributed by atoms with Crippen LogP contribution in [0, 0.1) is 0 Å². The van der Waals surface area contributed by atoms with Crippen molar-refractivity contribution >= 4 is 39.7 Å². The molecule has 118 valence electrons. The first-order chi connectivity index (χ1) is 10.1. The third-order valence-corrected chi connectivity index (χ3v) is 5.87. The molecule has 1 saturated heterocycles. The molecule has 0 atom stereocenters. The Bertz CT molecular complexity index is 495. The summed E-state index contributed by atoms with van der Waals surface area (Å²) >= 11 is 3.12. The highest BCUT2D eigenvalue weighted by molar-refractivity contribution is 7.99. The van der Waals surface area contributed by atoms with Gasteiger partial charge in [-0.1, -0.05) is 6.92 Å². The van der Waals surface area contributed by atoms with E-state index in [-0.39, 0.29) is 5.91 Å². The van der Waals surface area contributed by atoms with Gasteiger partial charge in [-0.3, -0.25) is 4.79 Å². The van der Waals surface area contributed by atoms with Crippen LogP contribution in [0.2, 0.25) is 0 Å². The Morgan fingerprint density at radius 1 is 1.48 bits per heavy atom. The minimum absolute atomic E-state index is 0.0605. The summed E-state index contributed by atoms with van der Waals surface area (Å²) in [6, 6.07) is 0.295. The van der Waals surface area contributed by atoms with Gasteiger partial charge in [-0.25, -0.2) is 0 Å². The molecule has 2 rings (SSSR count). The Morgan fingerprint density at radius 2 is 2.14 bits per heavy atom. The third-order valence-electron chi connectivity index (χ3n) is 3.65. The molecule has 0 spiro atoms. The first-order valence-electron chi connectivity index (χ1n) is 7.33. The Balaban J connectivity index is 2.23. The Kier molecular flexibility index (Phi) is 5.78. The predicted octanol–water partition coefficient (Wildman–Crippen LogP) is 2.12. The van der Waals surface area contributed by atoms with Gasteiger partial charge in [0.05, 0.1) is 10.6 Å². The van der Waals surface area contributed by atoms with Crippen molar-refractivity contribution in [2.75, 3.05) is 36.5 Å². The molecule has 7 heteroatoms. The van der Waals surface area contributed by atoms with E-state index in [1.165, 1.54) is 11.3 Å². The van der Waals surface area contributed by atoms with E-state index in [2.05, 4.69) is 10.2 Å². The van der Waals surface area contributed by atoms with Crippen molar-refractivity contribution in [1.82, 2.24) is 5.32 Å². The molecule has 1 amide bonds. The van der Waals surface area contributed by atoms with E-state index in [1.807, 2.05) is 13.2 Å². The number of nitrogens with two attached hydrogens (primary N) is 2. The smallest absolute Gasteiger partial charge is 0.263 e. The summed E-state index contributed by atoms with van der Waals surface area (Å²) in [7, 11) is 0. The Morgan fingerprint density at radius 3 is 2.71 bits per heavy atom. The molecule has 0 aromatic carbocycles. The van der Waals surface area contributed by atoms with Crippen molar-refractivity contribution in [3.8, 4) is 0 Å². The van der Waals surface area contributed by atoms with Crippen LogP contribution < -0.4 is 21.7 Å². The maximum Gasteiger partial charge on any atom is 0.263 e. The molecular weight excluding hydrogens is 304 g/mol. The fraction of sp³-hybridized carbons (Fsp3) is 0.643. The summed E-state index contributed by atoms with van der Waals surface area (Å²) in [6.45, 7) is 4.59. The van der Waals surface area contributed by atoms with Gasteiger partial charge in [0.25, 0.3) is 5.91 Å². The average molecular weight is 329 g/mol. The van der Waals surface area contributed by atoms with Crippen LogP contribution in [-0.2, 0) is 0 Å².